The van der Waals surface area contributed by atoms with Crippen molar-refractivity contribution in [3.8, 4) is 0 Å². The van der Waals surface area contributed by atoms with E-state index in [2.05, 4.69) is 0 Å². The predicted molar refractivity (Wildman–Crippen MR) is 58.6 cm³/mol. The lowest BCUT2D eigenvalue weighted by molar-refractivity contribution is -0.155. The second kappa shape index (κ2) is 5.34. The summed E-state index contributed by atoms with van der Waals surface area (Å²) in [6.07, 6.45) is -0.704. The fourth-order valence-electron chi connectivity index (χ4n) is 1.79. The van der Waals surface area contributed by atoms with Crippen LogP contribution in [0, 0.1) is 5.92 Å². The summed E-state index contributed by atoms with van der Waals surface area (Å²) in [5, 5.41) is 0. The second-order valence-corrected chi connectivity index (χ2v) is 4.12. The predicted octanol–water partition coefficient (Wildman–Crippen LogP) is -0.525. The third-order valence-corrected chi connectivity index (χ3v) is 2.77. The van der Waals surface area contributed by atoms with Gasteiger partial charge < -0.3 is 14.2 Å². The molecule has 0 radical (unpaired) electrons. The normalized spacial score (nSPS) is 33.4. The Morgan fingerprint density at radius 3 is 2.44 bits per heavy atom. The molecule has 0 aromatic heterocycles. The summed E-state index contributed by atoms with van der Waals surface area (Å²) in [5.41, 5.74) is 0. The van der Waals surface area contributed by atoms with Crippen molar-refractivity contribution in [1.29, 1.82) is 0 Å². The molecule has 0 N–H and O–H groups in total. The first-order valence-corrected chi connectivity index (χ1v) is 5.38. The van der Waals surface area contributed by atoms with Crippen molar-refractivity contribution in [1.82, 2.24) is 0 Å². The van der Waals surface area contributed by atoms with Crippen molar-refractivity contribution in [3.63, 3.8) is 0 Å². The van der Waals surface area contributed by atoms with Gasteiger partial charge in [-0.05, 0) is 0 Å². The summed E-state index contributed by atoms with van der Waals surface area (Å²) in [6, 6.07) is -0.00934. The molecule has 1 aliphatic rings. The number of carbonyl (C=O) groups is 2. The van der Waals surface area contributed by atoms with E-state index in [1.807, 2.05) is 14.8 Å². The number of hydrogen-bond acceptors (Lipinski definition) is 5. The Hall–Kier alpha value is -1.04. The second-order valence-electron chi connectivity index (χ2n) is 4.12. The Labute approximate surface area is 95.8 Å². The van der Waals surface area contributed by atoms with Gasteiger partial charge in [0.15, 0.2) is 0 Å². The Balaban J connectivity index is 2.59. The Kier molecular flexibility index (Phi) is 4.35. The molecule has 0 aliphatic carbocycles. The fourth-order valence-corrected chi connectivity index (χ4v) is 1.79. The van der Waals surface area contributed by atoms with Gasteiger partial charge in [-0.2, -0.15) is 0 Å². The van der Waals surface area contributed by atoms with Crippen LogP contribution in [0.1, 0.15) is 20.8 Å². The quantitative estimate of drug-likeness (QED) is 0.480. The molecule has 0 saturated carbocycles. The van der Waals surface area contributed by atoms with Crippen LogP contribution in [-0.2, 0) is 23.8 Å². The number of rotatable bonds is 3. The lowest BCUT2D eigenvalue weighted by atomic mass is 9.86. The minimum atomic E-state index is -0.364. The maximum absolute atomic E-state index is 11.0. The van der Waals surface area contributed by atoms with Crippen molar-refractivity contribution >= 4 is 19.8 Å². The van der Waals surface area contributed by atoms with E-state index in [-0.39, 0.29) is 42.7 Å². The minimum absolute atomic E-state index is 0.00934. The third kappa shape index (κ3) is 3.23. The largest absolute Gasteiger partial charge is 0.463 e. The highest BCUT2D eigenvalue weighted by Crippen LogP contribution is 2.28. The zero-order chi connectivity index (χ0) is 12.3. The van der Waals surface area contributed by atoms with Crippen molar-refractivity contribution < 1.29 is 23.8 Å². The van der Waals surface area contributed by atoms with Crippen LogP contribution in [0.25, 0.3) is 0 Å². The Morgan fingerprint density at radius 2 is 1.94 bits per heavy atom. The smallest absolute Gasteiger partial charge is 0.303 e. The van der Waals surface area contributed by atoms with Crippen molar-refractivity contribution in [2.24, 2.45) is 5.92 Å². The lowest BCUT2D eigenvalue weighted by Gasteiger charge is -2.20. The molecule has 1 rings (SSSR count). The third-order valence-electron chi connectivity index (χ3n) is 2.77. The van der Waals surface area contributed by atoms with Gasteiger partial charge in [-0.3, -0.25) is 9.59 Å². The summed E-state index contributed by atoms with van der Waals surface area (Å²) >= 11 is 0. The molecule has 0 amide bonds. The van der Waals surface area contributed by atoms with Gasteiger partial charge in [0.05, 0.1) is 0 Å². The van der Waals surface area contributed by atoms with Crippen LogP contribution >= 0.6 is 0 Å². The van der Waals surface area contributed by atoms with Crippen molar-refractivity contribution in [3.05, 3.63) is 0 Å². The number of carbonyl (C=O) groups excluding carboxylic acids is 2. The number of hydrogen-bond donors (Lipinski definition) is 0. The molecule has 1 saturated heterocycles. The summed E-state index contributed by atoms with van der Waals surface area (Å²) in [7, 11) is 1.91. The van der Waals surface area contributed by atoms with E-state index < -0.39 is 0 Å². The first-order valence-electron chi connectivity index (χ1n) is 5.38. The molecular weight excluding hydrogens is 211 g/mol. The van der Waals surface area contributed by atoms with Crippen LogP contribution in [0.15, 0.2) is 0 Å². The zero-order valence-corrected chi connectivity index (χ0v) is 10.1. The highest BCUT2D eigenvalue weighted by Gasteiger charge is 2.42. The molecule has 5 nitrogen and oxygen atoms in total. The van der Waals surface area contributed by atoms with Gasteiger partial charge in [-0.25, -0.2) is 0 Å². The Morgan fingerprint density at radius 1 is 1.31 bits per heavy atom. The molecule has 0 unspecified atom stereocenters. The average Bonchev–Trinajstić information content (AvgIpc) is 2.42. The molecule has 90 valence electrons. The molecule has 1 fully saturated rings. The van der Waals surface area contributed by atoms with Crippen molar-refractivity contribution in [2.45, 2.75) is 39.0 Å². The van der Waals surface area contributed by atoms with E-state index in [1.54, 1.807) is 0 Å². The van der Waals surface area contributed by atoms with E-state index in [1.165, 1.54) is 13.8 Å². The van der Waals surface area contributed by atoms with Crippen molar-refractivity contribution in [2.75, 3.05) is 6.61 Å². The topological polar surface area (TPSA) is 61.8 Å². The number of esters is 2. The highest BCUT2D eigenvalue weighted by molar-refractivity contribution is 6.11. The Bertz CT molecular complexity index is 280. The molecular formula is C10H17BO5. The number of ether oxygens (including phenoxy) is 3. The molecule has 0 spiro atoms. The van der Waals surface area contributed by atoms with E-state index in [0.717, 1.165) is 0 Å². The van der Waals surface area contributed by atoms with Gasteiger partial charge in [-0.1, -0.05) is 6.92 Å². The summed E-state index contributed by atoms with van der Waals surface area (Å²) in [6.45, 7) is 4.77. The van der Waals surface area contributed by atoms with Crippen LogP contribution in [0.5, 0.6) is 0 Å². The first-order chi connectivity index (χ1) is 7.41. The summed E-state index contributed by atoms with van der Waals surface area (Å²) in [5.74, 6) is -0.607. The van der Waals surface area contributed by atoms with Crippen LogP contribution in [-0.4, -0.2) is 44.6 Å². The molecule has 0 bridgehead atoms. The monoisotopic (exact) mass is 228 g/mol. The van der Waals surface area contributed by atoms with Gasteiger partial charge in [-0.15, -0.1) is 0 Å². The van der Waals surface area contributed by atoms with Gasteiger partial charge in [0.1, 0.15) is 26.7 Å². The van der Waals surface area contributed by atoms with Gasteiger partial charge in [0, 0.05) is 25.8 Å². The first kappa shape index (κ1) is 13.0. The lowest BCUT2D eigenvalue weighted by Crippen LogP contribution is -2.34. The van der Waals surface area contributed by atoms with Gasteiger partial charge in [0.2, 0.25) is 0 Å². The van der Waals surface area contributed by atoms with Gasteiger partial charge >= 0.3 is 11.9 Å². The van der Waals surface area contributed by atoms with Crippen LogP contribution < -0.4 is 0 Å². The average molecular weight is 228 g/mol. The fraction of sp³-hybridized carbons (Fsp3) is 0.800. The van der Waals surface area contributed by atoms with E-state index in [9.17, 15) is 9.59 Å². The van der Waals surface area contributed by atoms with Gasteiger partial charge in [0.25, 0.3) is 0 Å². The molecule has 6 heteroatoms. The molecule has 0 aromatic carbocycles. The molecule has 1 heterocycles. The molecule has 0 aromatic rings. The maximum Gasteiger partial charge on any atom is 0.303 e. The van der Waals surface area contributed by atoms with Crippen LogP contribution in [0.2, 0.25) is 0 Å². The molecule has 1 aliphatic heterocycles. The van der Waals surface area contributed by atoms with E-state index in [4.69, 9.17) is 14.2 Å². The SMILES string of the molecule is B[C@H]1O[C@@H](COC(C)=O)[C@H](OC(C)=O)[C@@H]1C. The molecule has 16 heavy (non-hydrogen) atoms. The maximum atomic E-state index is 11.0. The van der Waals surface area contributed by atoms with Crippen LogP contribution in [0.3, 0.4) is 0 Å². The summed E-state index contributed by atoms with van der Waals surface area (Å²) < 4.78 is 15.6. The summed E-state index contributed by atoms with van der Waals surface area (Å²) in [4.78, 5) is 21.7. The zero-order valence-electron chi connectivity index (χ0n) is 10.1. The standard InChI is InChI=1S/C10H17BO5/c1-5-9(15-7(3)13)8(16-10(5)11)4-14-6(2)12/h5,8-10H,4,11H2,1-3H3/t5-,8-,9+,10-/m0/s1. The van der Waals surface area contributed by atoms with E-state index in [0.29, 0.717) is 0 Å². The van der Waals surface area contributed by atoms with E-state index >= 15 is 0 Å². The van der Waals surface area contributed by atoms with Crippen LogP contribution in [0.4, 0.5) is 0 Å². The minimum Gasteiger partial charge on any atom is -0.463 e. The molecule has 4 atom stereocenters. The highest BCUT2D eigenvalue weighted by atomic mass is 16.6.